The quantitative estimate of drug-likeness (QED) is 0.848. The maximum absolute atomic E-state index is 11.8. The van der Waals surface area contributed by atoms with Crippen molar-refractivity contribution in [1.82, 2.24) is 20.8 Å². The molecule has 7 heteroatoms. The second-order valence-corrected chi connectivity index (χ2v) is 5.06. The fourth-order valence-corrected chi connectivity index (χ4v) is 1.82. The summed E-state index contributed by atoms with van der Waals surface area (Å²) in [5.74, 6) is 1.49. The minimum Gasteiger partial charge on any atom is -0.363 e. The molecule has 0 saturated heterocycles. The zero-order valence-corrected chi connectivity index (χ0v) is 13.1. The van der Waals surface area contributed by atoms with Crippen LogP contribution in [0, 0.1) is 0 Å². The van der Waals surface area contributed by atoms with Crippen molar-refractivity contribution < 1.29 is 9.32 Å². The molecule has 2 aromatic heterocycles. The Morgan fingerprint density at radius 2 is 2.00 bits per heavy atom. The number of nitrogens with zero attached hydrogens (tertiary/aromatic N) is 3. The van der Waals surface area contributed by atoms with Crippen molar-refractivity contribution in [2.24, 2.45) is 0 Å². The predicted octanol–water partition coefficient (Wildman–Crippen LogP) is 1.70. The van der Waals surface area contributed by atoms with Gasteiger partial charge in [0, 0.05) is 20.2 Å². The summed E-state index contributed by atoms with van der Waals surface area (Å²) in [4.78, 5) is 18.1. The first-order valence-corrected chi connectivity index (χ1v) is 7.18. The summed E-state index contributed by atoms with van der Waals surface area (Å²) >= 11 is 0. The van der Waals surface area contributed by atoms with Crippen molar-refractivity contribution in [1.29, 1.82) is 0 Å². The van der Waals surface area contributed by atoms with Crippen LogP contribution in [0.5, 0.6) is 0 Å². The van der Waals surface area contributed by atoms with Crippen LogP contribution in [0.15, 0.2) is 28.8 Å². The Morgan fingerprint density at radius 3 is 2.68 bits per heavy atom. The Balaban J connectivity index is 1.79. The van der Waals surface area contributed by atoms with Crippen LogP contribution >= 0.6 is 0 Å². The van der Waals surface area contributed by atoms with Crippen molar-refractivity contribution in [3.63, 3.8) is 0 Å². The number of pyridine rings is 1. The van der Waals surface area contributed by atoms with Crippen LogP contribution in [-0.4, -0.2) is 30.3 Å². The minimum atomic E-state index is -0.272. The molecule has 2 amide bonds. The van der Waals surface area contributed by atoms with Crippen molar-refractivity contribution in [2.75, 3.05) is 19.0 Å². The standard InChI is InChI=1S/C15H21N5O2/c1-4-11-8-13(22-19-11)10-17-15(21)16-9-12-6-5-7-14(18-12)20(2)3/h5-8H,4,9-10H2,1-3H3,(H2,16,17,21). The number of rotatable bonds is 6. The van der Waals surface area contributed by atoms with Gasteiger partial charge in [-0.25, -0.2) is 9.78 Å². The first-order chi connectivity index (χ1) is 10.6. The molecule has 0 aliphatic carbocycles. The molecular formula is C15H21N5O2. The average Bonchev–Trinajstić information content (AvgIpc) is 2.99. The van der Waals surface area contributed by atoms with Crippen LogP contribution in [0.1, 0.15) is 24.1 Å². The SMILES string of the molecule is CCc1cc(CNC(=O)NCc2cccc(N(C)C)n2)on1. The first kappa shape index (κ1) is 15.8. The lowest BCUT2D eigenvalue weighted by molar-refractivity contribution is 0.238. The molecule has 0 aliphatic heterocycles. The molecule has 118 valence electrons. The van der Waals surface area contributed by atoms with Crippen molar-refractivity contribution >= 4 is 11.8 Å². The lowest BCUT2D eigenvalue weighted by Gasteiger charge is -2.12. The first-order valence-electron chi connectivity index (χ1n) is 7.18. The van der Waals surface area contributed by atoms with Gasteiger partial charge in [0.25, 0.3) is 0 Å². The smallest absolute Gasteiger partial charge is 0.315 e. The van der Waals surface area contributed by atoms with E-state index in [1.807, 2.05) is 50.2 Å². The fourth-order valence-electron chi connectivity index (χ4n) is 1.82. The Hall–Kier alpha value is -2.57. The van der Waals surface area contributed by atoms with E-state index in [9.17, 15) is 4.79 Å². The van der Waals surface area contributed by atoms with Crippen LogP contribution in [0.3, 0.4) is 0 Å². The summed E-state index contributed by atoms with van der Waals surface area (Å²) < 4.78 is 5.10. The van der Waals surface area contributed by atoms with Crippen LogP contribution < -0.4 is 15.5 Å². The maximum atomic E-state index is 11.8. The molecule has 2 rings (SSSR count). The van der Waals surface area contributed by atoms with Crippen LogP contribution in [0.2, 0.25) is 0 Å². The molecule has 0 aromatic carbocycles. The number of aromatic nitrogens is 2. The van der Waals surface area contributed by atoms with Gasteiger partial charge < -0.3 is 20.1 Å². The number of carbonyl (C=O) groups excluding carboxylic acids is 1. The maximum Gasteiger partial charge on any atom is 0.315 e. The monoisotopic (exact) mass is 303 g/mol. The number of amides is 2. The molecule has 0 fully saturated rings. The number of aryl methyl sites for hydroxylation is 1. The summed E-state index contributed by atoms with van der Waals surface area (Å²) in [6, 6.07) is 7.27. The van der Waals surface area contributed by atoms with Crippen LogP contribution in [0.25, 0.3) is 0 Å². The number of carbonyl (C=O) groups is 1. The highest BCUT2D eigenvalue weighted by Crippen LogP contribution is 2.07. The third-order valence-electron chi connectivity index (χ3n) is 3.07. The molecule has 0 saturated carbocycles. The van der Waals surface area contributed by atoms with E-state index >= 15 is 0 Å². The zero-order valence-electron chi connectivity index (χ0n) is 13.1. The molecule has 0 aliphatic rings. The fraction of sp³-hybridized carbons (Fsp3) is 0.400. The molecule has 2 heterocycles. The van der Waals surface area contributed by atoms with E-state index < -0.39 is 0 Å². The van der Waals surface area contributed by atoms with Gasteiger partial charge in [0.15, 0.2) is 5.76 Å². The molecule has 22 heavy (non-hydrogen) atoms. The zero-order chi connectivity index (χ0) is 15.9. The van der Waals surface area contributed by atoms with E-state index in [0.29, 0.717) is 18.8 Å². The van der Waals surface area contributed by atoms with Crippen molar-refractivity contribution in [3.05, 3.63) is 41.4 Å². The molecule has 7 nitrogen and oxygen atoms in total. The summed E-state index contributed by atoms with van der Waals surface area (Å²) in [6.45, 7) is 2.67. The van der Waals surface area contributed by atoms with Crippen LogP contribution in [-0.2, 0) is 19.5 Å². The van der Waals surface area contributed by atoms with Gasteiger partial charge in [0.05, 0.1) is 24.5 Å². The van der Waals surface area contributed by atoms with Gasteiger partial charge in [0.1, 0.15) is 5.82 Å². The Bertz CT molecular complexity index is 624. The third-order valence-corrected chi connectivity index (χ3v) is 3.07. The van der Waals surface area contributed by atoms with Gasteiger partial charge in [-0.3, -0.25) is 0 Å². The van der Waals surface area contributed by atoms with Crippen LogP contribution in [0.4, 0.5) is 10.6 Å². The van der Waals surface area contributed by atoms with Gasteiger partial charge in [-0.2, -0.15) is 0 Å². The van der Waals surface area contributed by atoms with Gasteiger partial charge >= 0.3 is 6.03 Å². The predicted molar refractivity (Wildman–Crippen MR) is 83.5 cm³/mol. The van der Waals surface area contributed by atoms with E-state index in [0.717, 1.165) is 23.6 Å². The molecule has 2 aromatic rings. The van der Waals surface area contributed by atoms with Gasteiger partial charge in [-0.05, 0) is 18.6 Å². The number of anilines is 1. The van der Waals surface area contributed by atoms with Gasteiger partial charge in [-0.1, -0.05) is 18.1 Å². The molecule has 0 spiro atoms. The van der Waals surface area contributed by atoms with E-state index in [1.165, 1.54) is 0 Å². The highest BCUT2D eigenvalue weighted by Gasteiger charge is 2.06. The van der Waals surface area contributed by atoms with E-state index in [1.54, 1.807) is 0 Å². The van der Waals surface area contributed by atoms with Gasteiger partial charge in [-0.15, -0.1) is 0 Å². The molecule has 0 radical (unpaired) electrons. The number of hydrogen-bond acceptors (Lipinski definition) is 5. The van der Waals surface area contributed by atoms with Crippen molar-refractivity contribution in [2.45, 2.75) is 26.4 Å². The second-order valence-electron chi connectivity index (χ2n) is 5.06. The lowest BCUT2D eigenvalue weighted by atomic mass is 10.3. The topological polar surface area (TPSA) is 83.3 Å². The molecule has 0 unspecified atom stereocenters. The Morgan fingerprint density at radius 1 is 1.23 bits per heavy atom. The summed E-state index contributed by atoms with van der Waals surface area (Å²) in [5.41, 5.74) is 1.68. The number of nitrogens with one attached hydrogen (secondary N) is 2. The number of urea groups is 1. The van der Waals surface area contributed by atoms with E-state index in [-0.39, 0.29) is 6.03 Å². The largest absolute Gasteiger partial charge is 0.363 e. The van der Waals surface area contributed by atoms with E-state index in [2.05, 4.69) is 20.8 Å². The lowest BCUT2D eigenvalue weighted by Crippen LogP contribution is -2.34. The summed E-state index contributed by atoms with van der Waals surface area (Å²) in [5, 5.41) is 9.36. The normalized spacial score (nSPS) is 10.3. The third kappa shape index (κ3) is 4.47. The highest BCUT2D eigenvalue weighted by atomic mass is 16.5. The highest BCUT2D eigenvalue weighted by molar-refractivity contribution is 5.73. The molecular weight excluding hydrogens is 282 g/mol. The molecule has 2 N–H and O–H groups in total. The summed E-state index contributed by atoms with van der Waals surface area (Å²) in [6.07, 6.45) is 0.809. The van der Waals surface area contributed by atoms with Gasteiger partial charge in [0.2, 0.25) is 0 Å². The Kier molecular flexibility index (Phi) is 5.35. The molecule has 0 atom stereocenters. The minimum absolute atomic E-state index is 0.272. The Labute approximate surface area is 129 Å². The second kappa shape index (κ2) is 7.44. The van der Waals surface area contributed by atoms with Crippen molar-refractivity contribution in [3.8, 4) is 0 Å². The summed E-state index contributed by atoms with van der Waals surface area (Å²) in [7, 11) is 3.85. The average molecular weight is 303 g/mol. The number of hydrogen-bond donors (Lipinski definition) is 2. The van der Waals surface area contributed by atoms with E-state index in [4.69, 9.17) is 4.52 Å². The molecule has 0 bridgehead atoms.